The predicted molar refractivity (Wildman–Crippen MR) is 81.4 cm³/mol. The number of hydrogen-bond donors (Lipinski definition) is 2. The number of carbonyl (C=O) groups is 1. The van der Waals surface area contributed by atoms with Crippen molar-refractivity contribution >= 4 is 57.6 Å². The van der Waals surface area contributed by atoms with Crippen LogP contribution in [-0.4, -0.2) is 20.7 Å². The van der Waals surface area contributed by atoms with Crippen LogP contribution in [-0.2, 0) is 4.79 Å². The molecule has 1 fully saturated rings. The molecule has 0 spiro atoms. The number of anilines is 1. The third-order valence-corrected chi connectivity index (χ3v) is 4.65. The number of amides is 1. The lowest BCUT2D eigenvalue weighted by molar-refractivity contribution is -0.119. The van der Waals surface area contributed by atoms with E-state index in [1.54, 1.807) is 6.07 Å². The minimum atomic E-state index is -0.0727. The smallest absolute Gasteiger partial charge is 0.227 e. The Morgan fingerprint density at radius 2 is 2.05 bits per heavy atom. The number of nitrogens with zero attached hydrogens (tertiary/aromatic N) is 2. The number of nitrogens with two attached hydrogens (primary N) is 1. The molecule has 0 aliphatic heterocycles. The second kappa shape index (κ2) is 5.44. The molecule has 8 heteroatoms. The first kappa shape index (κ1) is 14.0. The molecule has 0 radical (unpaired) electrons. The van der Waals surface area contributed by atoms with Crippen LogP contribution in [0.3, 0.4) is 0 Å². The summed E-state index contributed by atoms with van der Waals surface area (Å²) >= 11 is 13.2. The molecule has 3 rings (SSSR count). The van der Waals surface area contributed by atoms with E-state index in [2.05, 4.69) is 14.1 Å². The number of fused-ring (bicyclic) bond motifs is 1. The molecule has 106 valence electrons. The van der Waals surface area contributed by atoms with Crippen molar-refractivity contribution in [1.82, 2.24) is 8.75 Å². The predicted octanol–water partition coefficient (Wildman–Crippen LogP) is 3.06. The number of carbonyl (C=O) groups excluding carboxylic acids is 1. The van der Waals surface area contributed by atoms with Gasteiger partial charge in [0.1, 0.15) is 11.0 Å². The summed E-state index contributed by atoms with van der Waals surface area (Å²) < 4.78 is 8.26. The van der Waals surface area contributed by atoms with E-state index in [9.17, 15) is 4.79 Å². The first-order valence-electron chi connectivity index (χ1n) is 6.23. The van der Waals surface area contributed by atoms with Crippen molar-refractivity contribution in [2.75, 3.05) is 5.32 Å². The van der Waals surface area contributed by atoms with Crippen LogP contribution in [0.15, 0.2) is 6.07 Å². The van der Waals surface area contributed by atoms with Crippen molar-refractivity contribution in [2.24, 2.45) is 11.7 Å². The van der Waals surface area contributed by atoms with Crippen molar-refractivity contribution in [2.45, 2.75) is 25.3 Å². The van der Waals surface area contributed by atoms with E-state index in [1.807, 2.05) is 0 Å². The van der Waals surface area contributed by atoms with Gasteiger partial charge in [-0.25, -0.2) is 0 Å². The van der Waals surface area contributed by atoms with E-state index >= 15 is 0 Å². The van der Waals surface area contributed by atoms with Crippen molar-refractivity contribution < 1.29 is 4.79 Å². The largest absolute Gasteiger partial charge is 0.328 e. The number of hydrogen-bond acceptors (Lipinski definition) is 5. The number of halogens is 2. The Morgan fingerprint density at radius 3 is 2.75 bits per heavy atom. The first-order chi connectivity index (χ1) is 9.56. The van der Waals surface area contributed by atoms with Gasteiger partial charge in [0, 0.05) is 12.0 Å². The molecule has 0 bridgehead atoms. The van der Waals surface area contributed by atoms with E-state index in [4.69, 9.17) is 28.9 Å². The van der Waals surface area contributed by atoms with E-state index in [0.29, 0.717) is 33.2 Å². The Labute approximate surface area is 129 Å². The minimum Gasteiger partial charge on any atom is -0.328 e. The second-order valence-electron chi connectivity index (χ2n) is 4.94. The summed E-state index contributed by atoms with van der Waals surface area (Å²) in [6.45, 7) is 0. The molecule has 2 unspecified atom stereocenters. The highest BCUT2D eigenvalue weighted by Crippen LogP contribution is 2.36. The summed E-state index contributed by atoms with van der Waals surface area (Å²) in [5, 5.41) is 3.64. The van der Waals surface area contributed by atoms with Gasteiger partial charge in [0.05, 0.1) is 27.5 Å². The summed E-state index contributed by atoms with van der Waals surface area (Å²) in [5.41, 5.74) is 7.40. The quantitative estimate of drug-likeness (QED) is 0.886. The van der Waals surface area contributed by atoms with Gasteiger partial charge in [-0.15, -0.1) is 0 Å². The van der Waals surface area contributed by atoms with Gasteiger partial charge in [0.15, 0.2) is 0 Å². The zero-order valence-electron chi connectivity index (χ0n) is 10.4. The molecule has 1 heterocycles. The average molecular weight is 331 g/mol. The van der Waals surface area contributed by atoms with Crippen LogP contribution in [0.2, 0.25) is 10.0 Å². The molecule has 1 aliphatic carbocycles. The van der Waals surface area contributed by atoms with E-state index in [0.717, 1.165) is 24.6 Å². The third-order valence-electron chi connectivity index (χ3n) is 3.54. The second-order valence-corrected chi connectivity index (χ2v) is 6.28. The molecule has 1 aromatic heterocycles. The molecule has 1 aliphatic rings. The van der Waals surface area contributed by atoms with Gasteiger partial charge >= 0.3 is 0 Å². The first-order valence-corrected chi connectivity index (χ1v) is 7.71. The lowest BCUT2D eigenvalue weighted by Gasteiger charge is -2.12. The van der Waals surface area contributed by atoms with Crippen LogP contribution in [0.4, 0.5) is 5.69 Å². The zero-order valence-corrected chi connectivity index (χ0v) is 12.7. The number of nitrogens with one attached hydrogen (secondary N) is 1. The molecule has 1 aromatic carbocycles. The molecule has 2 atom stereocenters. The van der Waals surface area contributed by atoms with Crippen molar-refractivity contribution in [3.8, 4) is 0 Å². The van der Waals surface area contributed by atoms with Crippen LogP contribution in [0.1, 0.15) is 19.3 Å². The highest BCUT2D eigenvalue weighted by atomic mass is 35.5. The Morgan fingerprint density at radius 1 is 1.30 bits per heavy atom. The fraction of sp³-hybridized carbons (Fsp3) is 0.417. The van der Waals surface area contributed by atoms with Crippen LogP contribution < -0.4 is 11.1 Å². The van der Waals surface area contributed by atoms with Gasteiger partial charge in [0.2, 0.25) is 5.91 Å². The van der Waals surface area contributed by atoms with E-state index < -0.39 is 0 Å². The maximum Gasteiger partial charge on any atom is 0.227 e. The zero-order chi connectivity index (χ0) is 14.3. The molecule has 20 heavy (non-hydrogen) atoms. The minimum absolute atomic E-state index is 0.0709. The molecule has 0 saturated heterocycles. The SMILES string of the molecule is NC1CCC(C(=O)Nc2c(Cl)cc(Cl)c3nsnc23)C1. The van der Waals surface area contributed by atoms with Gasteiger partial charge in [-0.2, -0.15) is 8.75 Å². The van der Waals surface area contributed by atoms with Crippen LogP contribution in [0, 0.1) is 5.92 Å². The van der Waals surface area contributed by atoms with Gasteiger partial charge in [0.25, 0.3) is 0 Å². The summed E-state index contributed by atoms with van der Waals surface area (Å²) in [7, 11) is 0. The van der Waals surface area contributed by atoms with E-state index in [1.165, 1.54) is 0 Å². The summed E-state index contributed by atoms with van der Waals surface area (Å²) in [6.07, 6.45) is 2.38. The van der Waals surface area contributed by atoms with Crippen molar-refractivity contribution in [3.63, 3.8) is 0 Å². The highest BCUT2D eigenvalue weighted by molar-refractivity contribution is 7.00. The molecule has 5 nitrogen and oxygen atoms in total. The number of aromatic nitrogens is 2. The monoisotopic (exact) mass is 330 g/mol. The van der Waals surface area contributed by atoms with E-state index in [-0.39, 0.29) is 17.9 Å². The lowest BCUT2D eigenvalue weighted by Crippen LogP contribution is -2.23. The van der Waals surface area contributed by atoms with Crippen molar-refractivity contribution in [3.05, 3.63) is 16.1 Å². The van der Waals surface area contributed by atoms with Gasteiger partial charge in [-0.1, -0.05) is 23.2 Å². The molecule has 1 amide bonds. The Hall–Kier alpha value is -0.950. The Kier molecular flexibility index (Phi) is 3.81. The van der Waals surface area contributed by atoms with Crippen LogP contribution >= 0.6 is 34.9 Å². The molecule has 2 aromatic rings. The van der Waals surface area contributed by atoms with Crippen molar-refractivity contribution in [1.29, 1.82) is 0 Å². The van der Waals surface area contributed by atoms with Gasteiger partial charge < -0.3 is 11.1 Å². The maximum absolute atomic E-state index is 12.3. The van der Waals surface area contributed by atoms with Crippen LogP contribution in [0.5, 0.6) is 0 Å². The Balaban J connectivity index is 1.91. The maximum atomic E-state index is 12.3. The normalized spacial score (nSPS) is 22.4. The Bertz CT molecular complexity index is 675. The van der Waals surface area contributed by atoms with Gasteiger partial charge in [-0.3, -0.25) is 4.79 Å². The fourth-order valence-corrected chi connectivity index (χ4v) is 3.63. The molecule has 1 saturated carbocycles. The average Bonchev–Trinajstić information content (AvgIpc) is 3.02. The van der Waals surface area contributed by atoms with Crippen LogP contribution in [0.25, 0.3) is 11.0 Å². The number of rotatable bonds is 2. The lowest BCUT2D eigenvalue weighted by atomic mass is 10.1. The fourth-order valence-electron chi connectivity index (χ4n) is 2.47. The summed E-state index contributed by atoms with van der Waals surface area (Å²) in [5.74, 6) is -0.144. The number of benzene rings is 1. The standard InChI is InChI=1S/C12H12Cl2N4OS/c13-7-4-8(14)10-11(18-20-17-10)9(7)16-12(19)5-1-2-6(15)3-5/h4-6H,1-3,15H2,(H,16,19). The third kappa shape index (κ3) is 2.48. The topological polar surface area (TPSA) is 80.9 Å². The molecular weight excluding hydrogens is 319 g/mol. The van der Waals surface area contributed by atoms with Gasteiger partial charge in [-0.05, 0) is 25.3 Å². The molecule has 3 N–H and O–H groups in total. The summed E-state index contributed by atoms with van der Waals surface area (Å²) in [4.78, 5) is 12.3. The highest BCUT2D eigenvalue weighted by Gasteiger charge is 2.28. The molecular formula is C12H12Cl2N4OS. The summed E-state index contributed by atoms with van der Waals surface area (Å²) in [6, 6.07) is 1.68.